The quantitative estimate of drug-likeness (QED) is 0.465. The summed E-state index contributed by atoms with van der Waals surface area (Å²) in [6.07, 6.45) is -0.437. The topological polar surface area (TPSA) is 168 Å². The molecule has 0 bridgehead atoms. The molecule has 2 aromatic rings. The summed E-state index contributed by atoms with van der Waals surface area (Å²) in [7, 11) is 0. The number of benzene rings is 1. The number of carbonyl (C=O) groups is 3. The van der Waals surface area contributed by atoms with Gasteiger partial charge in [-0.3, -0.25) is 9.59 Å². The zero-order valence-electron chi connectivity index (χ0n) is 11.8. The Labute approximate surface area is 129 Å². The van der Waals surface area contributed by atoms with Gasteiger partial charge in [-0.2, -0.15) is 0 Å². The molecule has 6 N–H and O–H groups in total. The molecule has 1 aromatic heterocycles. The first-order chi connectivity index (χ1) is 10.6. The van der Waals surface area contributed by atoms with E-state index in [0.29, 0.717) is 5.75 Å². The first-order valence-corrected chi connectivity index (χ1v) is 6.29. The number of carboxylic acids is 3. The average Bonchev–Trinajstić information content (AvgIpc) is 2.84. The SMILES string of the molecule is O=C(O)CC(O)(CC(=O)O)C(=O)O.Oc1ccc2cc[nH]c2c1. The van der Waals surface area contributed by atoms with Crippen molar-refractivity contribution in [2.24, 2.45) is 0 Å². The van der Waals surface area contributed by atoms with Gasteiger partial charge in [0.15, 0.2) is 5.60 Å². The number of aliphatic carboxylic acids is 3. The third-order valence-electron chi connectivity index (χ3n) is 2.82. The number of phenolic OH excluding ortho intramolecular Hbond substituents is 1. The summed E-state index contributed by atoms with van der Waals surface area (Å²) in [6.45, 7) is 0. The van der Waals surface area contributed by atoms with E-state index in [-0.39, 0.29) is 0 Å². The van der Waals surface area contributed by atoms with Crippen LogP contribution in [0.1, 0.15) is 12.8 Å². The number of nitrogens with one attached hydrogen (secondary N) is 1. The number of fused-ring (bicyclic) bond motifs is 1. The molecule has 1 aromatic carbocycles. The molecule has 0 unspecified atom stereocenters. The molecule has 0 aliphatic rings. The lowest BCUT2D eigenvalue weighted by Crippen LogP contribution is -2.42. The molecule has 0 fully saturated rings. The maximum absolute atomic E-state index is 10.3. The Morgan fingerprint density at radius 3 is 2.04 bits per heavy atom. The highest BCUT2D eigenvalue weighted by atomic mass is 16.4. The molecule has 0 aliphatic carbocycles. The van der Waals surface area contributed by atoms with Crippen molar-refractivity contribution < 1.29 is 39.9 Å². The van der Waals surface area contributed by atoms with Crippen LogP contribution in [0.15, 0.2) is 30.5 Å². The lowest BCUT2D eigenvalue weighted by molar-refractivity contribution is -0.170. The first-order valence-electron chi connectivity index (χ1n) is 6.29. The number of phenols is 1. The highest BCUT2D eigenvalue weighted by molar-refractivity contribution is 5.88. The van der Waals surface area contributed by atoms with Crippen molar-refractivity contribution >= 4 is 28.8 Å². The molecular formula is C14H15NO8. The second kappa shape index (κ2) is 7.27. The fourth-order valence-electron chi connectivity index (χ4n) is 1.75. The molecule has 0 saturated carbocycles. The van der Waals surface area contributed by atoms with Crippen LogP contribution in [0.3, 0.4) is 0 Å². The van der Waals surface area contributed by atoms with Crippen LogP contribution in [0, 0.1) is 0 Å². The van der Waals surface area contributed by atoms with Crippen molar-refractivity contribution in [3.8, 4) is 5.75 Å². The predicted molar refractivity (Wildman–Crippen MR) is 77.1 cm³/mol. The van der Waals surface area contributed by atoms with Crippen LogP contribution >= 0.6 is 0 Å². The summed E-state index contributed by atoms with van der Waals surface area (Å²) in [5.41, 5.74) is -1.77. The van der Waals surface area contributed by atoms with Crippen LogP contribution in [-0.4, -0.2) is 54.0 Å². The molecule has 124 valence electrons. The summed E-state index contributed by atoms with van der Waals surface area (Å²) < 4.78 is 0. The molecule has 1 heterocycles. The zero-order valence-corrected chi connectivity index (χ0v) is 11.8. The Bertz CT molecular complexity index is 704. The smallest absolute Gasteiger partial charge is 0.336 e. The maximum atomic E-state index is 10.3. The van der Waals surface area contributed by atoms with Gasteiger partial charge in [-0.1, -0.05) is 0 Å². The van der Waals surface area contributed by atoms with E-state index in [1.807, 2.05) is 18.3 Å². The van der Waals surface area contributed by atoms with E-state index in [0.717, 1.165) is 10.9 Å². The van der Waals surface area contributed by atoms with E-state index in [2.05, 4.69) is 4.98 Å². The number of hydrogen-bond acceptors (Lipinski definition) is 5. The van der Waals surface area contributed by atoms with Crippen LogP contribution in [0.2, 0.25) is 0 Å². The molecule has 9 heteroatoms. The second-order valence-electron chi connectivity index (χ2n) is 4.73. The summed E-state index contributed by atoms with van der Waals surface area (Å²) in [5, 5.41) is 44.0. The number of aromatic amines is 1. The average molecular weight is 325 g/mol. The van der Waals surface area contributed by atoms with Gasteiger partial charge in [0.1, 0.15) is 5.75 Å². The Hall–Kier alpha value is -3.07. The molecule has 0 atom stereocenters. The number of hydrogen-bond donors (Lipinski definition) is 6. The molecule has 23 heavy (non-hydrogen) atoms. The van der Waals surface area contributed by atoms with E-state index in [4.69, 9.17) is 25.5 Å². The highest BCUT2D eigenvalue weighted by Gasteiger charge is 2.40. The zero-order chi connectivity index (χ0) is 17.6. The van der Waals surface area contributed by atoms with E-state index in [9.17, 15) is 14.4 Å². The van der Waals surface area contributed by atoms with Crippen LogP contribution in [-0.2, 0) is 14.4 Å². The van der Waals surface area contributed by atoms with Gasteiger partial charge in [-0.25, -0.2) is 4.79 Å². The number of aromatic nitrogens is 1. The number of aromatic hydroxyl groups is 1. The lowest BCUT2D eigenvalue weighted by atomic mass is 9.96. The third-order valence-corrected chi connectivity index (χ3v) is 2.82. The fourth-order valence-corrected chi connectivity index (χ4v) is 1.75. The van der Waals surface area contributed by atoms with Gasteiger partial charge < -0.3 is 30.5 Å². The van der Waals surface area contributed by atoms with Crippen molar-refractivity contribution in [1.29, 1.82) is 0 Å². The van der Waals surface area contributed by atoms with E-state index in [1.54, 1.807) is 12.1 Å². The summed E-state index contributed by atoms with van der Waals surface area (Å²) in [4.78, 5) is 33.5. The number of aliphatic hydroxyl groups is 1. The normalized spacial score (nSPS) is 10.7. The summed E-state index contributed by atoms with van der Waals surface area (Å²) in [6, 6.07) is 7.22. The first kappa shape index (κ1) is 18.0. The van der Waals surface area contributed by atoms with Gasteiger partial charge in [0.05, 0.1) is 12.8 Å². The van der Waals surface area contributed by atoms with Crippen molar-refractivity contribution in [3.05, 3.63) is 30.5 Å². The van der Waals surface area contributed by atoms with E-state index < -0.39 is 36.4 Å². The summed E-state index contributed by atoms with van der Waals surface area (Å²) in [5.74, 6) is -4.72. The standard InChI is InChI=1S/C8H7NO.C6H8O7/c10-7-2-1-6-3-4-9-8(6)5-7;7-3(8)1-6(13,5(11)12)2-4(9)10/h1-5,9-10H;13H,1-2H2,(H,7,8)(H,9,10)(H,11,12). The largest absolute Gasteiger partial charge is 0.508 e. The van der Waals surface area contributed by atoms with Crippen LogP contribution < -0.4 is 0 Å². The van der Waals surface area contributed by atoms with Gasteiger partial charge in [-0.15, -0.1) is 0 Å². The number of carboxylic acid groups (broad SMARTS) is 3. The minimum absolute atomic E-state index is 0.301. The molecule has 0 radical (unpaired) electrons. The van der Waals surface area contributed by atoms with E-state index >= 15 is 0 Å². The fraction of sp³-hybridized carbons (Fsp3) is 0.214. The monoisotopic (exact) mass is 325 g/mol. The van der Waals surface area contributed by atoms with Gasteiger partial charge in [0.2, 0.25) is 0 Å². The van der Waals surface area contributed by atoms with Crippen molar-refractivity contribution in [2.45, 2.75) is 18.4 Å². The Morgan fingerprint density at radius 1 is 1.00 bits per heavy atom. The van der Waals surface area contributed by atoms with Gasteiger partial charge >= 0.3 is 17.9 Å². The van der Waals surface area contributed by atoms with Crippen molar-refractivity contribution in [3.63, 3.8) is 0 Å². The molecule has 0 spiro atoms. The molecule has 9 nitrogen and oxygen atoms in total. The highest BCUT2D eigenvalue weighted by Crippen LogP contribution is 2.17. The van der Waals surface area contributed by atoms with Gasteiger partial charge in [-0.05, 0) is 23.6 Å². The Morgan fingerprint density at radius 2 is 1.57 bits per heavy atom. The molecular weight excluding hydrogens is 310 g/mol. The van der Waals surface area contributed by atoms with Crippen molar-refractivity contribution in [1.82, 2.24) is 4.98 Å². The molecule has 0 saturated heterocycles. The second-order valence-corrected chi connectivity index (χ2v) is 4.73. The van der Waals surface area contributed by atoms with Crippen LogP contribution in [0.4, 0.5) is 0 Å². The molecule has 0 aliphatic heterocycles. The van der Waals surface area contributed by atoms with Crippen LogP contribution in [0.5, 0.6) is 5.75 Å². The van der Waals surface area contributed by atoms with Gasteiger partial charge in [0, 0.05) is 17.8 Å². The lowest BCUT2D eigenvalue weighted by Gasteiger charge is -2.18. The third kappa shape index (κ3) is 5.32. The molecule has 2 rings (SSSR count). The predicted octanol–water partition coefficient (Wildman–Crippen LogP) is 0.625. The number of H-pyrrole nitrogens is 1. The Balaban J connectivity index is 0.000000235. The minimum atomic E-state index is -2.74. The Kier molecular flexibility index (Phi) is 5.68. The summed E-state index contributed by atoms with van der Waals surface area (Å²) >= 11 is 0. The van der Waals surface area contributed by atoms with Gasteiger partial charge in [0.25, 0.3) is 0 Å². The maximum Gasteiger partial charge on any atom is 0.336 e. The molecule has 0 amide bonds. The van der Waals surface area contributed by atoms with E-state index in [1.165, 1.54) is 0 Å². The van der Waals surface area contributed by atoms with Crippen molar-refractivity contribution in [2.75, 3.05) is 0 Å². The number of rotatable bonds is 5. The van der Waals surface area contributed by atoms with Crippen LogP contribution in [0.25, 0.3) is 10.9 Å². The minimum Gasteiger partial charge on any atom is -0.508 e.